The van der Waals surface area contributed by atoms with Gasteiger partial charge in [-0.15, -0.1) is 0 Å². The van der Waals surface area contributed by atoms with E-state index in [1.165, 1.54) is 0 Å². The minimum absolute atomic E-state index is 0.0318. The number of nitrogens with two attached hydrogens (primary N) is 1. The van der Waals surface area contributed by atoms with Crippen molar-refractivity contribution >= 4 is 11.6 Å². The van der Waals surface area contributed by atoms with Crippen LogP contribution in [0.2, 0.25) is 0 Å². The average Bonchev–Trinajstić information content (AvgIpc) is 3.65. The maximum Gasteiger partial charge on any atom is 0.435 e. The second kappa shape index (κ2) is 10.7. The topological polar surface area (TPSA) is 76.2 Å². The maximum absolute atomic E-state index is 13.6. The Morgan fingerprint density at radius 2 is 1.74 bits per heavy atom. The molecule has 0 aliphatic heterocycles. The predicted molar refractivity (Wildman–Crippen MR) is 145 cm³/mol. The van der Waals surface area contributed by atoms with E-state index in [1.54, 1.807) is 30.3 Å². The summed E-state index contributed by atoms with van der Waals surface area (Å²) in [5.41, 5.74) is 9.11. The van der Waals surface area contributed by atoms with Gasteiger partial charge in [0.05, 0.1) is 11.7 Å². The largest absolute Gasteiger partial charge is 0.435 e. The minimum atomic E-state index is -4.71. The molecule has 1 aromatic heterocycles. The molecule has 1 fully saturated rings. The van der Waals surface area contributed by atoms with Crippen molar-refractivity contribution in [3.8, 4) is 5.69 Å². The fourth-order valence-electron chi connectivity index (χ4n) is 4.87. The van der Waals surface area contributed by atoms with Gasteiger partial charge in [-0.25, -0.2) is 4.68 Å². The van der Waals surface area contributed by atoms with Gasteiger partial charge in [-0.3, -0.25) is 9.69 Å². The summed E-state index contributed by atoms with van der Waals surface area (Å²) < 4.78 is 41.7. The van der Waals surface area contributed by atoms with Crippen molar-refractivity contribution in [2.45, 2.75) is 44.6 Å². The number of alkyl halides is 3. The molecule has 6 nitrogen and oxygen atoms in total. The summed E-state index contributed by atoms with van der Waals surface area (Å²) in [5.74, 6) is -0.698. The number of halogens is 3. The van der Waals surface area contributed by atoms with Gasteiger partial charge in [-0.2, -0.15) is 18.3 Å². The Balaban J connectivity index is 1.49. The number of hydrogen-bond donors (Lipinski definition) is 2. The quantitative estimate of drug-likeness (QED) is 0.287. The molecule has 202 valence electrons. The normalized spacial score (nSPS) is 14.4. The summed E-state index contributed by atoms with van der Waals surface area (Å²) in [5, 5.41) is 6.51. The Hall–Kier alpha value is -3.95. The molecule has 5 rings (SSSR count). The molecule has 1 atom stereocenters. The van der Waals surface area contributed by atoms with E-state index in [0.717, 1.165) is 40.3 Å². The van der Waals surface area contributed by atoms with Crippen LogP contribution in [0.1, 0.15) is 57.3 Å². The maximum atomic E-state index is 13.6. The van der Waals surface area contributed by atoms with Gasteiger partial charge in [-0.05, 0) is 67.8 Å². The van der Waals surface area contributed by atoms with Crippen LogP contribution in [-0.2, 0) is 12.7 Å². The molecule has 1 unspecified atom stereocenters. The highest BCUT2D eigenvalue weighted by Crippen LogP contribution is 2.38. The van der Waals surface area contributed by atoms with Gasteiger partial charge in [0.2, 0.25) is 0 Å². The molecule has 39 heavy (non-hydrogen) atoms. The van der Waals surface area contributed by atoms with Crippen LogP contribution in [0, 0.1) is 6.92 Å². The summed E-state index contributed by atoms with van der Waals surface area (Å²) >= 11 is 0. The molecular formula is C30H30F3N5O. The van der Waals surface area contributed by atoms with Crippen LogP contribution >= 0.6 is 0 Å². The number of aromatic nitrogens is 2. The van der Waals surface area contributed by atoms with Crippen molar-refractivity contribution in [1.82, 2.24) is 14.7 Å². The highest BCUT2D eigenvalue weighted by atomic mass is 19.4. The molecule has 3 N–H and O–H groups in total. The Kier molecular flexibility index (Phi) is 7.29. The first-order valence-corrected chi connectivity index (χ1v) is 12.8. The number of nitrogens with zero attached hydrogens (tertiary/aromatic N) is 3. The first-order valence-electron chi connectivity index (χ1n) is 12.8. The second-order valence-corrected chi connectivity index (χ2v) is 9.99. The standard InChI is InChI=1S/C30H30F3N5O/c1-19-6-3-8-21(14-19)28(37(2)24-12-13-24)22-9-5-10-23(16-22)35-29(39)26-17-27(30(31,32)33)36-38(26)25-11-4-7-20(15-25)18-34/h3-11,14-17,24,28H,12-13,18,34H2,1-2H3,(H,35,39). The van der Waals surface area contributed by atoms with E-state index in [-0.39, 0.29) is 18.3 Å². The molecular weight excluding hydrogens is 503 g/mol. The van der Waals surface area contributed by atoms with E-state index < -0.39 is 17.8 Å². The smallest absolute Gasteiger partial charge is 0.326 e. The highest BCUT2D eigenvalue weighted by Gasteiger charge is 2.36. The van der Waals surface area contributed by atoms with Crippen molar-refractivity contribution in [1.29, 1.82) is 0 Å². The van der Waals surface area contributed by atoms with Gasteiger partial charge in [0.25, 0.3) is 5.91 Å². The van der Waals surface area contributed by atoms with Crippen molar-refractivity contribution in [3.63, 3.8) is 0 Å². The third-order valence-corrected chi connectivity index (χ3v) is 6.97. The van der Waals surface area contributed by atoms with Crippen LogP contribution in [0.25, 0.3) is 5.69 Å². The summed E-state index contributed by atoms with van der Waals surface area (Å²) in [6.07, 6.45) is -2.45. The van der Waals surface area contributed by atoms with Crippen LogP contribution in [0.3, 0.4) is 0 Å². The number of amides is 1. The highest BCUT2D eigenvalue weighted by molar-refractivity contribution is 6.03. The van der Waals surface area contributed by atoms with Crippen molar-refractivity contribution in [3.05, 3.63) is 113 Å². The number of carbonyl (C=O) groups excluding carboxylic acids is 1. The summed E-state index contributed by atoms with van der Waals surface area (Å²) in [6.45, 7) is 2.25. The van der Waals surface area contributed by atoms with Crippen LogP contribution < -0.4 is 11.1 Å². The zero-order valence-electron chi connectivity index (χ0n) is 21.7. The SMILES string of the molecule is Cc1cccc(C(c2cccc(NC(=O)c3cc(C(F)(F)F)nn3-c3cccc(CN)c3)c2)N(C)C2CC2)c1. The van der Waals surface area contributed by atoms with E-state index in [2.05, 4.69) is 47.5 Å². The molecule has 1 aliphatic rings. The molecule has 9 heteroatoms. The average molecular weight is 534 g/mol. The number of anilines is 1. The van der Waals surface area contributed by atoms with Crippen molar-refractivity contribution in [2.24, 2.45) is 5.73 Å². The van der Waals surface area contributed by atoms with Crippen LogP contribution in [0.15, 0.2) is 78.9 Å². The second-order valence-electron chi connectivity index (χ2n) is 9.99. The van der Waals surface area contributed by atoms with E-state index >= 15 is 0 Å². The number of benzene rings is 3. The molecule has 1 aliphatic carbocycles. The molecule has 1 amide bonds. The Bertz CT molecular complexity index is 1490. The fraction of sp³-hybridized carbons (Fsp3) is 0.267. The lowest BCUT2D eigenvalue weighted by atomic mass is 9.95. The minimum Gasteiger partial charge on any atom is -0.326 e. The van der Waals surface area contributed by atoms with Gasteiger partial charge in [0.15, 0.2) is 5.69 Å². The number of hydrogen-bond acceptors (Lipinski definition) is 4. The third kappa shape index (κ3) is 5.89. The number of aryl methyl sites for hydroxylation is 1. The van der Waals surface area contributed by atoms with Crippen LogP contribution in [-0.4, -0.2) is 33.7 Å². The Labute approximate surface area is 225 Å². The van der Waals surface area contributed by atoms with E-state index in [9.17, 15) is 18.0 Å². The Morgan fingerprint density at radius 3 is 2.41 bits per heavy atom. The molecule has 1 heterocycles. The fourth-order valence-corrected chi connectivity index (χ4v) is 4.87. The number of carbonyl (C=O) groups is 1. The summed E-state index contributed by atoms with van der Waals surface area (Å²) in [7, 11) is 2.10. The molecule has 4 aromatic rings. The van der Waals surface area contributed by atoms with Crippen molar-refractivity contribution < 1.29 is 18.0 Å². The van der Waals surface area contributed by atoms with Gasteiger partial charge in [0.1, 0.15) is 5.69 Å². The first kappa shape index (κ1) is 26.6. The van der Waals surface area contributed by atoms with Gasteiger partial charge in [0, 0.05) is 24.3 Å². The third-order valence-electron chi connectivity index (χ3n) is 6.97. The molecule has 0 spiro atoms. The molecule has 0 bridgehead atoms. The zero-order valence-corrected chi connectivity index (χ0v) is 21.7. The van der Waals surface area contributed by atoms with E-state index in [0.29, 0.717) is 23.0 Å². The van der Waals surface area contributed by atoms with E-state index in [1.807, 2.05) is 24.3 Å². The van der Waals surface area contributed by atoms with Crippen molar-refractivity contribution in [2.75, 3.05) is 12.4 Å². The van der Waals surface area contributed by atoms with E-state index in [4.69, 9.17) is 5.73 Å². The lowest BCUT2D eigenvalue weighted by molar-refractivity contribution is -0.141. The van der Waals surface area contributed by atoms with Gasteiger partial charge in [-0.1, -0.05) is 54.1 Å². The first-order chi connectivity index (χ1) is 18.6. The lowest BCUT2D eigenvalue weighted by Crippen LogP contribution is -2.27. The van der Waals surface area contributed by atoms with Gasteiger partial charge >= 0.3 is 6.18 Å². The monoisotopic (exact) mass is 533 g/mol. The van der Waals surface area contributed by atoms with Crippen LogP contribution in [0.4, 0.5) is 18.9 Å². The number of nitrogens with one attached hydrogen (secondary N) is 1. The molecule has 3 aromatic carbocycles. The Morgan fingerprint density at radius 1 is 1.05 bits per heavy atom. The molecule has 0 saturated heterocycles. The zero-order chi connectivity index (χ0) is 27.7. The predicted octanol–water partition coefficient (Wildman–Crippen LogP) is 6.09. The van der Waals surface area contributed by atoms with Gasteiger partial charge < -0.3 is 11.1 Å². The van der Waals surface area contributed by atoms with Crippen LogP contribution in [0.5, 0.6) is 0 Å². The summed E-state index contributed by atoms with van der Waals surface area (Å²) in [6, 6.07) is 23.6. The lowest BCUT2D eigenvalue weighted by Gasteiger charge is -2.29. The molecule has 0 radical (unpaired) electrons. The summed E-state index contributed by atoms with van der Waals surface area (Å²) in [4.78, 5) is 15.7. The molecule has 1 saturated carbocycles. The number of rotatable bonds is 8.